The monoisotopic (exact) mass is 267 g/mol. The first-order valence-electron chi connectivity index (χ1n) is 6.50. The Kier molecular flexibility index (Phi) is 3.11. The van der Waals surface area contributed by atoms with Gasteiger partial charge in [-0.05, 0) is 24.6 Å². The number of halogens is 1. The fraction of sp³-hybridized carbons (Fsp3) is 0.118. The second-order valence-corrected chi connectivity index (χ2v) is 4.85. The van der Waals surface area contributed by atoms with Crippen LogP contribution < -0.4 is 5.32 Å². The number of benzene rings is 1. The lowest BCUT2D eigenvalue weighted by molar-refractivity contribution is -0.113. The lowest BCUT2D eigenvalue weighted by Gasteiger charge is -2.20. The Labute approximate surface area is 117 Å². The molecule has 3 rings (SSSR count). The first-order chi connectivity index (χ1) is 9.66. The van der Waals surface area contributed by atoms with Gasteiger partial charge >= 0.3 is 0 Å². The van der Waals surface area contributed by atoms with Crippen molar-refractivity contribution in [3.8, 4) is 0 Å². The van der Waals surface area contributed by atoms with E-state index in [0.29, 0.717) is 17.6 Å². The van der Waals surface area contributed by atoms with Gasteiger partial charge in [-0.25, -0.2) is 4.39 Å². The molecule has 2 bridgehead atoms. The molecule has 3 heteroatoms. The molecule has 0 saturated carbocycles. The molecule has 0 aromatic heterocycles. The summed E-state index contributed by atoms with van der Waals surface area (Å²) in [7, 11) is 0. The van der Waals surface area contributed by atoms with Crippen molar-refractivity contribution in [1.82, 2.24) is 5.32 Å². The summed E-state index contributed by atoms with van der Waals surface area (Å²) in [5.74, 6) is -0.463. The van der Waals surface area contributed by atoms with Crippen molar-refractivity contribution in [2.24, 2.45) is 0 Å². The number of carbonyl (C=O) groups excluding carboxylic acids is 1. The Morgan fingerprint density at radius 3 is 2.65 bits per heavy atom. The fourth-order valence-corrected chi connectivity index (χ4v) is 2.52. The third kappa shape index (κ3) is 2.11. The van der Waals surface area contributed by atoms with Gasteiger partial charge in [-0.1, -0.05) is 30.3 Å². The van der Waals surface area contributed by atoms with Gasteiger partial charge in [0.1, 0.15) is 5.83 Å². The maximum atomic E-state index is 14.2. The van der Waals surface area contributed by atoms with Crippen LogP contribution in [0.1, 0.15) is 18.9 Å². The second kappa shape index (κ2) is 4.93. The van der Waals surface area contributed by atoms with Crippen LogP contribution in [0.2, 0.25) is 0 Å². The lowest BCUT2D eigenvalue weighted by atomic mass is 9.93. The van der Waals surface area contributed by atoms with Crippen LogP contribution in [0, 0.1) is 0 Å². The predicted molar refractivity (Wildman–Crippen MR) is 77.2 cm³/mol. The molecule has 1 N–H and O–H groups in total. The zero-order chi connectivity index (χ0) is 14.1. The summed E-state index contributed by atoms with van der Waals surface area (Å²) in [6.07, 6.45) is 5.21. The number of Topliss-reactive ketones (excluding diaryl/α,β-unsaturated/α-hetero) is 1. The summed E-state index contributed by atoms with van der Waals surface area (Å²) >= 11 is 0. The highest BCUT2D eigenvalue weighted by atomic mass is 19.1. The number of allylic oxidation sites excluding steroid dienone is 6. The quantitative estimate of drug-likeness (QED) is 0.886. The molecule has 1 heterocycles. The van der Waals surface area contributed by atoms with Crippen LogP contribution in [0.3, 0.4) is 0 Å². The summed E-state index contributed by atoms with van der Waals surface area (Å²) in [6.45, 7) is 1.45. The second-order valence-electron chi connectivity index (χ2n) is 4.85. The van der Waals surface area contributed by atoms with Crippen LogP contribution in [0.25, 0.3) is 5.57 Å². The number of hydrogen-bond acceptors (Lipinski definition) is 2. The summed E-state index contributed by atoms with van der Waals surface area (Å²) in [4.78, 5) is 11.6. The molecule has 1 aromatic carbocycles. The zero-order valence-corrected chi connectivity index (χ0v) is 11.1. The minimum atomic E-state index is -0.337. The molecule has 2 aliphatic rings. The Morgan fingerprint density at radius 2 is 1.95 bits per heavy atom. The van der Waals surface area contributed by atoms with Crippen molar-refractivity contribution in [2.45, 2.75) is 13.3 Å². The molecule has 1 aliphatic heterocycles. The third-order valence-electron chi connectivity index (χ3n) is 3.54. The van der Waals surface area contributed by atoms with Crippen molar-refractivity contribution < 1.29 is 9.18 Å². The molecule has 0 amide bonds. The topological polar surface area (TPSA) is 29.1 Å². The van der Waals surface area contributed by atoms with Gasteiger partial charge in [0.25, 0.3) is 0 Å². The van der Waals surface area contributed by atoms with Crippen LogP contribution in [0.15, 0.2) is 71.4 Å². The van der Waals surface area contributed by atoms with Crippen molar-refractivity contribution in [3.05, 3.63) is 76.9 Å². The maximum Gasteiger partial charge on any atom is 0.161 e. The van der Waals surface area contributed by atoms with Gasteiger partial charge in [0.05, 0.1) is 0 Å². The largest absolute Gasteiger partial charge is 0.364 e. The lowest BCUT2D eigenvalue weighted by Crippen LogP contribution is -2.18. The molecule has 100 valence electrons. The van der Waals surface area contributed by atoms with Gasteiger partial charge in [0.15, 0.2) is 5.78 Å². The first kappa shape index (κ1) is 12.6. The molecule has 0 fully saturated rings. The number of hydrogen-bond donors (Lipinski definition) is 1. The Bertz CT molecular complexity index is 693. The van der Waals surface area contributed by atoms with E-state index in [2.05, 4.69) is 5.32 Å². The SMILES string of the molecule is CC(=O)C1=CNC2=C(c3ccccc3)C=CC(F)=C1C2. The van der Waals surface area contributed by atoms with Gasteiger partial charge in [0.2, 0.25) is 0 Å². The maximum absolute atomic E-state index is 14.2. The molecule has 0 unspecified atom stereocenters. The Balaban J connectivity index is 2.13. The molecule has 1 aliphatic carbocycles. The first-order valence-corrected chi connectivity index (χ1v) is 6.50. The molecule has 20 heavy (non-hydrogen) atoms. The fourth-order valence-electron chi connectivity index (χ4n) is 2.52. The van der Waals surface area contributed by atoms with Crippen LogP contribution in [0.5, 0.6) is 0 Å². The number of nitrogens with one attached hydrogen (secondary N) is 1. The number of ketones is 1. The summed E-state index contributed by atoms with van der Waals surface area (Å²) in [5.41, 5.74) is 3.79. The molecule has 0 saturated heterocycles. The van der Waals surface area contributed by atoms with E-state index >= 15 is 0 Å². The van der Waals surface area contributed by atoms with Crippen molar-refractivity contribution in [2.75, 3.05) is 0 Å². The van der Waals surface area contributed by atoms with Crippen molar-refractivity contribution >= 4 is 11.4 Å². The van der Waals surface area contributed by atoms with Crippen LogP contribution in [-0.2, 0) is 4.79 Å². The van der Waals surface area contributed by atoms with Gasteiger partial charge in [-0.3, -0.25) is 4.79 Å². The highest BCUT2D eigenvalue weighted by molar-refractivity contribution is 5.99. The number of rotatable bonds is 2. The zero-order valence-electron chi connectivity index (χ0n) is 11.1. The number of fused-ring (bicyclic) bond motifs is 2. The highest BCUT2D eigenvalue weighted by Crippen LogP contribution is 2.35. The van der Waals surface area contributed by atoms with E-state index in [1.165, 1.54) is 13.0 Å². The molecule has 1 aromatic rings. The average Bonchev–Trinajstić information content (AvgIpc) is 2.58. The highest BCUT2D eigenvalue weighted by Gasteiger charge is 2.24. The summed E-state index contributed by atoms with van der Waals surface area (Å²) in [5, 5.41) is 3.14. The van der Waals surface area contributed by atoms with Gasteiger partial charge < -0.3 is 5.32 Å². The molecule has 0 radical (unpaired) electrons. The van der Waals surface area contributed by atoms with E-state index < -0.39 is 0 Å². The van der Waals surface area contributed by atoms with E-state index in [4.69, 9.17) is 0 Å². The third-order valence-corrected chi connectivity index (χ3v) is 3.54. The van der Waals surface area contributed by atoms with E-state index in [9.17, 15) is 9.18 Å². The van der Waals surface area contributed by atoms with Gasteiger partial charge in [-0.2, -0.15) is 0 Å². The summed E-state index contributed by atoms with van der Waals surface area (Å²) in [6, 6.07) is 9.82. The smallest absolute Gasteiger partial charge is 0.161 e. The van der Waals surface area contributed by atoms with Crippen LogP contribution in [0.4, 0.5) is 4.39 Å². The Morgan fingerprint density at radius 1 is 1.20 bits per heavy atom. The van der Waals surface area contributed by atoms with E-state index in [0.717, 1.165) is 16.8 Å². The molecule has 0 spiro atoms. The number of carbonyl (C=O) groups is 1. The van der Waals surface area contributed by atoms with E-state index in [1.54, 1.807) is 12.3 Å². The van der Waals surface area contributed by atoms with Gasteiger partial charge in [-0.15, -0.1) is 0 Å². The molecule has 0 atom stereocenters. The Hall–Kier alpha value is -2.42. The van der Waals surface area contributed by atoms with E-state index in [-0.39, 0.29) is 11.6 Å². The molecular formula is C17H14FNO. The minimum absolute atomic E-state index is 0.127. The predicted octanol–water partition coefficient (Wildman–Crippen LogP) is 3.66. The van der Waals surface area contributed by atoms with Crippen molar-refractivity contribution in [1.29, 1.82) is 0 Å². The average molecular weight is 267 g/mol. The molecule has 2 nitrogen and oxygen atoms in total. The van der Waals surface area contributed by atoms with Crippen LogP contribution >= 0.6 is 0 Å². The van der Waals surface area contributed by atoms with Gasteiger partial charge in [0, 0.05) is 35.0 Å². The van der Waals surface area contributed by atoms with E-state index in [1.807, 2.05) is 30.3 Å². The van der Waals surface area contributed by atoms with Crippen molar-refractivity contribution in [3.63, 3.8) is 0 Å². The van der Waals surface area contributed by atoms with Crippen LogP contribution in [-0.4, -0.2) is 5.78 Å². The summed E-state index contributed by atoms with van der Waals surface area (Å²) < 4.78 is 14.2. The normalized spacial score (nSPS) is 17.6. The minimum Gasteiger partial charge on any atom is -0.364 e. The molecular weight excluding hydrogens is 253 g/mol. The standard InChI is InChI=1S/C17H14FNO/c1-11(20)15-10-19-17-9-14(15)16(18)8-7-13(17)12-5-3-2-4-6-12/h2-8,10,19H,9H2,1H3.